The fourth-order valence-corrected chi connectivity index (χ4v) is 3.76. The third-order valence-corrected chi connectivity index (χ3v) is 5.23. The van der Waals surface area contributed by atoms with E-state index in [9.17, 15) is 9.59 Å². The molecular weight excluding hydrogens is 354 g/mol. The number of rotatable bonds is 4. The van der Waals surface area contributed by atoms with Crippen molar-refractivity contribution in [2.75, 3.05) is 13.1 Å². The highest BCUT2D eigenvalue weighted by Crippen LogP contribution is 2.31. The Morgan fingerprint density at radius 1 is 1.07 bits per heavy atom. The van der Waals surface area contributed by atoms with E-state index in [2.05, 4.69) is 0 Å². The molecule has 1 fully saturated rings. The maximum atomic E-state index is 12.5. The van der Waals surface area contributed by atoms with Gasteiger partial charge in [0.05, 0.1) is 0 Å². The van der Waals surface area contributed by atoms with Crippen molar-refractivity contribution in [3.63, 3.8) is 0 Å². The first-order valence-electron chi connectivity index (χ1n) is 9.62. The number of amides is 1. The Hall–Kier alpha value is -3.08. The Labute approximate surface area is 163 Å². The molecule has 0 radical (unpaired) electrons. The molecule has 0 saturated carbocycles. The van der Waals surface area contributed by atoms with Crippen LogP contribution in [0.1, 0.15) is 25.3 Å². The molecule has 0 bridgehead atoms. The number of aryl methyl sites for hydroxylation is 1. The van der Waals surface area contributed by atoms with E-state index in [1.807, 2.05) is 48.2 Å². The van der Waals surface area contributed by atoms with Gasteiger partial charge in [0.2, 0.25) is 0 Å². The van der Waals surface area contributed by atoms with E-state index < -0.39 is 11.7 Å². The number of fused-ring (bicyclic) bond motifs is 1. The molecule has 144 valence electrons. The van der Waals surface area contributed by atoms with Crippen molar-refractivity contribution >= 4 is 16.9 Å². The van der Waals surface area contributed by atoms with Gasteiger partial charge in [0, 0.05) is 36.2 Å². The van der Waals surface area contributed by atoms with Crippen molar-refractivity contribution in [3.05, 3.63) is 64.5 Å². The lowest BCUT2D eigenvalue weighted by atomic mass is 9.98. The molecule has 5 heteroatoms. The topological polar surface area (TPSA) is 59.8 Å². The summed E-state index contributed by atoms with van der Waals surface area (Å²) < 4.78 is 11.3. The highest BCUT2D eigenvalue weighted by molar-refractivity contribution is 5.94. The molecule has 1 aromatic heterocycles. The normalized spacial score (nSPS) is 15.0. The molecule has 0 aliphatic carbocycles. The Morgan fingerprint density at radius 3 is 2.57 bits per heavy atom. The Bertz CT molecular complexity index is 1080. The highest BCUT2D eigenvalue weighted by atomic mass is 16.5. The van der Waals surface area contributed by atoms with E-state index >= 15 is 0 Å². The SMILES string of the molecule is Cc1ccccc1-c1cc(=O)oc2cc(OC(C)C(=O)N3CCCC3)ccc12. The molecular formula is C23H23NO4. The lowest BCUT2D eigenvalue weighted by Crippen LogP contribution is -2.38. The van der Waals surface area contributed by atoms with Crippen LogP contribution < -0.4 is 10.4 Å². The summed E-state index contributed by atoms with van der Waals surface area (Å²) in [6, 6.07) is 14.8. The van der Waals surface area contributed by atoms with Crippen LogP contribution in [0, 0.1) is 6.92 Å². The van der Waals surface area contributed by atoms with Crippen molar-refractivity contribution in [3.8, 4) is 16.9 Å². The average molecular weight is 377 g/mol. The van der Waals surface area contributed by atoms with Crippen LogP contribution in [-0.4, -0.2) is 30.0 Å². The van der Waals surface area contributed by atoms with E-state index in [0.717, 1.165) is 48.0 Å². The van der Waals surface area contributed by atoms with Gasteiger partial charge in [-0.25, -0.2) is 4.79 Å². The van der Waals surface area contributed by atoms with Crippen LogP contribution in [0.25, 0.3) is 22.1 Å². The molecule has 0 spiro atoms. The zero-order valence-corrected chi connectivity index (χ0v) is 16.1. The molecule has 1 unspecified atom stereocenters. The zero-order chi connectivity index (χ0) is 19.7. The van der Waals surface area contributed by atoms with Crippen molar-refractivity contribution in [2.45, 2.75) is 32.8 Å². The Kier molecular flexibility index (Phi) is 4.90. The summed E-state index contributed by atoms with van der Waals surface area (Å²) in [7, 11) is 0. The van der Waals surface area contributed by atoms with Crippen molar-refractivity contribution in [1.29, 1.82) is 0 Å². The number of hydrogen-bond acceptors (Lipinski definition) is 4. The van der Waals surface area contributed by atoms with E-state index in [0.29, 0.717) is 11.3 Å². The van der Waals surface area contributed by atoms with Gasteiger partial charge in [-0.2, -0.15) is 0 Å². The van der Waals surface area contributed by atoms with E-state index in [1.54, 1.807) is 13.0 Å². The Morgan fingerprint density at radius 2 is 1.82 bits per heavy atom. The molecule has 1 amide bonds. The summed E-state index contributed by atoms with van der Waals surface area (Å²) in [4.78, 5) is 26.4. The number of ether oxygens (including phenoxy) is 1. The largest absolute Gasteiger partial charge is 0.481 e. The van der Waals surface area contributed by atoms with E-state index in [1.165, 1.54) is 6.07 Å². The fourth-order valence-electron chi connectivity index (χ4n) is 3.76. The summed E-state index contributed by atoms with van der Waals surface area (Å²) >= 11 is 0. The van der Waals surface area contributed by atoms with Crippen LogP contribution in [0.3, 0.4) is 0 Å². The number of likely N-dealkylation sites (tertiary alicyclic amines) is 1. The quantitative estimate of drug-likeness (QED) is 0.641. The van der Waals surface area contributed by atoms with Crippen LogP contribution in [0.5, 0.6) is 5.75 Å². The molecule has 3 aromatic rings. The molecule has 1 saturated heterocycles. The number of hydrogen-bond donors (Lipinski definition) is 0. The molecule has 2 aromatic carbocycles. The summed E-state index contributed by atoms with van der Waals surface area (Å²) in [6.45, 7) is 5.35. The van der Waals surface area contributed by atoms with Gasteiger partial charge < -0.3 is 14.1 Å². The molecule has 4 rings (SSSR count). The third kappa shape index (κ3) is 3.52. The predicted octanol–water partition coefficient (Wildman–Crippen LogP) is 4.16. The summed E-state index contributed by atoms with van der Waals surface area (Å²) in [5, 5.41) is 0.833. The van der Waals surface area contributed by atoms with Crippen molar-refractivity contribution in [2.24, 2.45) is 0 Å². The zero-order valence-electron chi connectivity index (χ0n) is 16.1. The number of carbonyl (C=O) groups is 1. The minimum atomic E-state index is -0.582. The molecule has 5 nitrogen and oxygen atoms in total. The molecule has 28 heavy (non-hydrogen) atoms. The lowest BCUT2D eigenvalue weighted by molar-refractivity contribution is -0.136. The minimum absolute atomic E-state index is 0.00675. The van der Waals surface area contributed by atoms with Gasteiger partial charge >= 0.3 is 5.63 Å². The minimum Gasteiger partial charge on any atom is -0.481 e. The average Bonchev–Trinajstić information content (AvgIpc) is 3.21. The Balaban J connectivity index is 1.67. The molecule has 1 aliphatic heterocycles. The smallest absolute Gasteiger partial charge is 0.336 e. The standard InChI is InChI=1S/C23H23NO4/c1-15-7-3-4-8-18(15)20-14-22(25)28-21-13-17(9-10-19(20)21)27-16(2)23(26)24-11-5-6-12-24/h3-4,7-10,13-14,16H,5-6,11-12H2,1-2H3. The summed E-state index contributed by atoms with van der Waals surface area (Å²) in [5.41, 5.74) is 2.94. The number of benzene rings is 2. The van der Waals surface area contributed by atoms with Gasteiger partial charge in [0.15, 0.2) is 6.10 Å². The first-order valence-corrected chi connectivity index (χ1v) is 9.62. The van der Waals surface area contributed by atoms with Gasteiger partial charge in [-0.1, -0.05) is 24.3 Å². The third-order valence-electron chi connectivity index (χ3n) is 5.23. The number of carbonyl (C=O) groups excluding carboxylic acids is 1. The molecule has 2 heterocycles. The van der Waals surface area contributed by atoms with Crippen molar-refractivity contribution < 1.29 is 13.9 Å². The first-order chi connectivity index (χ1) is 13.5. The second-order valence-corrected chi connectivity index (χ2v) is 7.24. The predicted molar refractivity (Wildman–Crippen MR) is 109 cm³/mol. The maximum absolute atomic E-state index is 12.5. The van der Waals surface area contributed by atoms with Gasteiger partial charge in [-0.05, 0) is 49.9 Å². The highest BCUT2D eigenvalue weighted by Gasteiger charge is 2.24. The van der Waals surface area contributed by atoms with Crippen LogP contribution >= 0.6 is 0 Å². The van der Waals surface area contributed by atoms with Crippen LogP contribution in [0.15, 0.2) is 57.7 Å². The van der Waals surface area contributed by atoms with E-state index in [-0.39, 0.29) is 5.91 Å². The fraction of sp³-hybridized carbons (Fsp3) is 0.304. The molecule has 0 N–H and O–H groups in total. The summed E-state index contributed by atoms with van der Waals surface area (Å²) in [5.74, 6) is 0.505. The van der Waals surface area contributed by atoms with Gasteiger partial charge in [0.25, 0.3) is 5.91 Å². The van der Waals surface area contributed by atoms with Gasteiger partial charge in [-0.15, -0.1) is 0 Å². The lowest BCUT2D eigenvalue weighted by Gasteiger charge is -2.21. The van der Waals surface area contributed by atoms with Gasteiger partial charge in [-0.3, -0.25) is 4.79 Å². The first kappa shape index (κ1) is 18.3. The maximum Gasteiger partial charge on any atom is 0.336 e. The molecule has 1 aliphatic rings. The number of nitrogens with zero attached hydrogens (tertiary/aromatic N) is 1. The molecule has 1 atom stereocenters. The van der Waals surface area contributed by atoms with Crippen molar-refractivity contribution in [1.82, 2.24) is 4.90 Å². The monoisotopic (exact) mass is 377 g/mol. The second kappa shape index (κ2) is 7.50. The van der Waals surface area contributed by atoms with Crippen LogP contribution in [-0.2, 0) is 4.79 Å². The van der Waals surface area contributed by atoms with Crippen LogP contribution in [0.4, 0.5) is 0 Å². The van der Waals surface area contributed by atoms with Crippen LogP contribution in [0.2, 0.25) is 0 Å². The van der Waals surface area contributed by atoms with E-state index in [4.69, 9.17) is 9.15 Å². The second-order valence-electron chi connectivity index (χ2n) is 7.24. The van der Waals surface area contributed by atoms with Gasteiger partial charge in [0.1, 0.15) is 11.3 Å². The summed E-state index contributed by atoms with van der Waals surface area (Å²) in [6.07, 6.45) is 1.50.